The smallest absolute Gasteiger partial charge is 0.0440 e. The van der Waals surface area contributed by atoms with Crippen molar-refractivity contribution in [2.24, 2.45) is 0 Å². The Morgan fingerprint density at radius 2 is 0.530 bits per heavy atom. The van der Waals surface area contributed by atoms with Crippen LogP contribution in [-0.2, 0) is 0 Å². The predicted octanol–water partition coefficient (Wildman–Crippen LogP) is 30.4. The van der Waals surface area contributed by atoms with Crippen LogP contribution in [0.4, 0.5) is 0 Å². The average Bonchev–Trinajstić information content (AvgIpc) is 1.56. The number of rotatable bonds is 1. The van der Waals surface area contributed by atoms with E-state index in [9.17, 15) is 0 Å². The van der Waals surface area contributed by atoms with Crippen molar-refractivity contribution >= 4 is 222 Å². The van der Waals surface area contributed by atoms with E-state index in [1.807, 2.05) is 56.7 Å². The molecule has 476 valence electrons. The molecule has 17 aromatic carbocycles. The van der Waals surface area contributed by atoms with Gasteiger partial charge in [-0.25, -0.2) is 0 Å². The third-order valence-electron chi connectivity index (χ3n) is 19.7. The summed E-state index contributed by atoms with van der Waals surface area (Å²) in [6, 6.07) is 113. The molecule has 0 aliphatic rings. The van der Waals surface area contributed by atoms with E-state index in [1.54, 1.807) is 0 Å². The molecule has 22 aromatic rings. The second-order valence-corrected chi connectivity index (χ2v) is 31.9. The molecule has 0 amide bonds. The molecule has 5 aromatic heterocycles. The largest absolute Gasteiger partial charge is 0.135 e. The molecule has 0 saturated heterocycles. The van der Waals surface area contributed by atoms with E-state index in [1.165, 1.54) is 204 Å². The van der Waals surface area contributed by atoms with Crippen molar-refractivity contribution in [3.63, 3.8) is 0 Å². The second kappa shape index (κ2) is 25.6. The van der Waals surface area contributed by atoms with Crippen molar-refractivity contribution in [2.45, 2.75) is 34.6 Å². The summed E-state index contributed by atoms with van der Waals surface area (Å²) in [6.45, 7) is 10.8. The highest BCUT2D eigenvalue weighted by Crippen LogP contribution is 2.47. The molecule has 0 aliphatic heterocycles. The summed E-state index contributed by atoms with van der Waals surface area (Å²) in [6.07, 6.45) is 0. The summed E-state index contributed by atoms with van der Waals surface area (Å²) in [5.74, 6) is 0. The summed E-state index contributed by atoms with van der Waals surface area (Å²) in [5, 5.41) is 30.1. The lowest BCUT2D eigenvalue weighted by atomic mass is 9.96. The summed E-state index contributed by atoms with van der Waals surface area (Å²) >= 11 is 9.49. The summed E-state index contributed by atoms with van der Waals surface area (Å²) in [7, 11) is 0. The molecule has 5 heterocycles. The van der Waals surface area contributed by atoms with Crippen molar-refractivity contribution in [1.29, 1.82) is 0 Å². The Morgan fingerprint density at radius 1 is 0.170 bits per heavy atom. The highest BCUT2D eigenvalue weighted by molar-refractivity contribution is 7.28. The van der Waals surface area contributed by atoms with Gasteiger partial charge in [-0.1, -0.05) is 252 Å². The van der Waals surface area contributed by atoms with Crippen molar-refractivity contribution in [3.8, 4) is 11.1 Å². The first kappa shape index (κ1) is 61.7. The van der Waals surface area contributed by atoms with Gasteiger partial charge in [0, 0.05) is 112 Å². The van der Waals surface area contributed by atoms with Crippen LogP contribution in [-0.4, -0.2) is 0 Å². The van der Waals surface area contributed by atoms with E-state index in [4.69, 9.17) is 0 Å². The van der Waals surface area contributed by atoms with E-state index in [-0.39, 0.29) is 0 Å². The lowest BCUT2D eigenvalue weighted by molar-refractivity contribution is 1.52. The van der Waals surface area contributed by atoms with Gasteiger partial charge in [-0.2, -0.15) is 0 Å². The Kier molecular flexibility index (Phi) is 15.8. The molecule has 0 N–H and O–H groups in total. The zero-order chi connectivity index (χ0) is 67.1. The molecule has 0 spiro atoms. The molecule has 0 saturated carbocycles. The fourth-order valence-electron chi connectivity index (χ4n) is 14.9. The number of hydrogen-bond acceptors (Lipinski definition) is 5. The number of hydrogen-bond donors (Lipinski definition) is 0. The molecule has 22 rings (SSSR count). The molecule has 5 heteroatoms. The SMILES string of the molecule is Cc1ccc2sc3c(-c4ccccc4)cc4ccccc4c3c2c1.Cc1ccc2sc3c4ccccc4c4ccccc4c3c2c1.Cc1ccc2sc3c4ccccc4ccc3c2c1.Cc1ccc2sc3cc4ccccc4cc3c2c1.Cc1ccc2sc3ccc4ccccc4c3c2c1. The first-order valence-corrected chi connectivity index (χ1v) is 38.2. The third kappa shape index (κ3) is 11.1. The molecule has 0 bridgehead atoms. The van der Waals surface area contributed by atoms with Gasteiger partial charge in [0.2, 0.25) is 0 Å². The van der Waals surface area contributed by atoms with E-state index >= 15 is 0 Å². The van der Waals surface area contributed by atoms with Crippen LogP contribution in [0, 0.1) is 34.6 Å². The molecule has 0 fully saturated rings. The Bertz CT molecular complexity index is 6940. The third-order valence-corrected chi connectivity index (χ3v) is 25.6. The highest BCUT2D eigenvalue weighted by atomic mass is 32.1. The fraction of sp³-hybridized carbons (Fsp3) is 0.0526. The molecular weight excluding hydrogens is 1300 g/mol. The van der Waals surface area contributed by atoms with Gasteiger partial charge in [0.25, 0.3) is 0 Å². The maximum atomic E-state index is 2.34. The van der Waals surface area contributed by atoms with Crippen LogP contribution in [0.5, 0.6) is 0 Å². The molecular formula is C95H66S5. The Morgan fingerprint density at radius 3 is 1.15 bits per heavy atom. The molecule has 0 unspecified atom stereocenters. The van der Waals surface area contributed by atoms with Gasteiger partial charge in [0.15, 0.2) is 0 Å². The topological polar surface area (TPSA) is 0 Å². The summed E-state index contributed by atoms with van der Waals surface area (Å²) in [5.41, 5.74) is 9.25. The van der Waals surface area contributed by atoms with Crippen LogP contribution >= 0.6 is 56.7 Å². The molecule has 0 atom stereocenters. The van der Waals surface area contributed by atoms with Gasteiger partial charge in [-0.05, 0) is 184 Å². The van der Waals surface area contributed by atoms with E-state index in [2.05, 4.69) is 344 Å². The average molecular weight is 1370 g/mol. The standard InChI is InChI=1S/C23H16S.C21H14S.3C17H12S/c1-15-11-12-21-20(13-15)22-18-10-6-5-9-17(18)14-19(23(22)24-21)16-7-3-2-4-8-16;1-13-10-11-19-18(12-13)20-16-8-4-2-6-14(16)15-7-3-5-9-17(15)21(20)22-19;1-11-6-9-16-15(10-11)14-8-7-12-4-2-3-5-13(12)17(14)18-16;1-11-6-8-15-14(10-11)17-13-5-3-2-4-12(13)7-9-16(17)18-15;1-11-6-7-16-14(8-11)15-9-12-4-2-3-5-13(12)10-17(15)18-16/h2-14H,1H3;2-12H,1H3;3*2-10H,1H3. The maximum Gasteiger partial charge on any atom is 0.0440 e. The summed E-state index contributed by atoms with van der Waals surface area (Å²) < 4.78 is 13.9. The first-order valence-electron chi connectivity index (χ1n) is 34.2. The molecule has 0 aliphatic carbocycles. The van der Waals surface area contributed by atoms with E-state index in [0.29, 0.717) is 0 Å². The molecule has 0 nitrogen and oxygen atoms in total. The van der Waals surface area contributed by atoms with Gasteiger partial charge in [0.1, 0.15) is 0 Å². The van der Waals surface area contributed by atoms with Crippen LogP contribution in [0.2, 0.25) is 0 Å². The zero-order valence-corrected chi connectivity index (χ0v) is 60.1. The van der Waals surface area contributed by atoms with Crippen LogP contribution < -0.4 is 0 Å². The number of fused-ring (bicyclic) bond motifs is 27. The van der Waals surface area contributed by atoms with Crippen molar-refractivity contribution in [1.82, 2.24) is 0 Å². The highest BCUT2D eigenvalue weighted by Gasteiger charge is 2.17. The van der Waals surface area contributed by atoms with Gasteiger partial charge in [-0.3, -0.25) is 0 Å². The van der Waals surface area contributed by atoms with Crippen molar-refractivity contribution in [2.75, 3.05) is 0 Å². The van der Waals surface area contributed by atoms with Gasteiger partial charge < -0.3 is 0 Å². The van der Waals surface area contributed by atoms with Crippen molar-refractivity contribution in [3.05, 3.63) is 337 Å². The maximum absolute atomic E-state index is 2.34. The van der Waals surface area contributed by atoms with E-state index < -0.39 is 0 Å². The second-order valence-electron chi connectivity index (χ2n) is 26.5. The summed E-state index contributed by atoms with van der Waals surface area (Å²) in [4.78, 5) is 0. The first-order chi connectivity index (χ1) is 49.1. The minimum absolute atomic E-state index is 1.29. The monoisotopic (exact) mass is 1370 g/mol. The number of aryl methyl sites for hydroxylation is 5. The minimum atomic E-state index is 1.29. The lowest BCUT2D eigenvalue weighted by Gasteiger charge is -2.08. The predicted molar refractivity (Wildman–Crippen MR) is 451 cm³/mol. The van der Waals surface area contributed by atoms with Crippen LogP contribution in [0.3, 0.4) is 0 Å². The number of thiophene rings is 5. The zero-order valence-electron chi connectivity index (χ0n) is 56.0. The van der Waals surface area contributed by atoms with Gasteiger partial charge in [-0.15, -0.1) is 56.7 Å². The van der Waals surface area contributed by atoms with Gasteiger partial charge >= 0.3 is 0 Å². The van der Waals surface area contributed by atoms with Crippen molar-refractivity contribution < 1.29 is 0 Å². The Labute approximate surface area is 600 Å². The lowest BCUT2D eigenvalue weighted by Crippen LogP contribution is -1.81. The van der Waals surface area contributed by atoms with Crippen LogP contribution in [0.1, 0.15) is 27.8 Å². The Balaban J connectivity index is 0.0000000905. The normalized spacial score (nSPS) is 11.7. The van der Waals surface area contributed by atoms with Gasteiger partial charge in [0.05, 0.1) is 0 Å². The minimum Gasteiger partial charge on any atom is -0.135 e. The quantitative estimate of drug-likeness (QED) is 0.144. The molecule has 100 heavy (non-hydrogen) atoms. The van der Waals surface area contributed by atoms with Crippen LogP contribution in [0.15, 0.2) is 309 Å². The van der Waals surface area contributed by atoms with Crippen LogP contribution in [0.25, 0.3) is 177 Å². The number of benzene rings is 17. The molecule has 0 radical (unpaired) electrons. The fourth-order valence-corrected chi connectivity index (χ4v) is 20.9. The Hall–Kier alpha value is -10.6. The van der Waals surface area contributed by atoms with E-state index in [0.717, 1.165) is 0 Å².